The van der Waals surface area contributed by atoms with E-state index in [1.54, 1.807) is 6.92 Å². The standard InChI is InChI=1S/C19H26N6O3/c1-3-20-19(27)21-16(26)12-24-8-10-25(11-9-24)13-17-22-18(23-28-17)15-6-4-14(2)5-7-15/h4-7H,3,8-13H2,1-2H3,(H2,20,21,26,27). The number of hydrogen-bond acceptors (Lipinski definition) is 7. The Balaban J connectivity index is 1.44. The van der Waals surface area contributed by atoms with Gasteiger partial charge in [0, 0.05) is 38.3 Å². The third-order valence-electron chi connectivity index (χ3n) is 4.56. The molecule has 1 aliphatic rings. The van der Waals surface area contributed by atoms with Gasteiger partial charge in [0.15, 0.2) is 0 Å². The zero-order chi connectivity index (χ0) is 19.9. The zero-order valence-corrected chi connectivity index (χ0v) is 16.3. The molecule has 150 valence electrons. The van der Waals surface area contributed by atoms with Crippen LogP contribution < -0.4 is 10.6 Å². The summed E-state index contributed by atoms with van der Waals surface area (Å²) in [5.74, 6) is 0.882. The summed E-state index contributed by atoms with van der Waals surface area (Å²) in [7, 11) is 0. The fraction of sp³-hybridized carbons (Fsp3) is 0.474. The number of rotatable bonds is 6. The number of nitrogens with zero attached hydrogens (tertiary/aromatic N) is 4. The average molecular weight is 386 g/mol. The molecule has 0 spiro atoms. The van der Waals surface area contributed by atoms with E-state index in [9.17, 15) is 9.59 Å². The lowest BCUT2D eigenvalue weighted by Crippen LogP contribution is -2.50. The zero-order valence-electron chi connectivity index (χ0n) is 16.3. The van der Waals surface area contributed by atoms with Crippen molar-refractivity contribution in [2.75, 3.05) is 39.3 Å². The average Bonchev–Trinajstić information content (AvgIpc) is 3.12. The molecule has 1 aromatic carbocycles. The minimum Gasteiger partial charge on any atom is -0.338 e. The second-order valence-corrected chi connectivity index (χ2v) is 6.84. The van der Waals surface area contributed by atoms with E-state index in [-0.39, 0.29) is 12.5 Å². The van der Waals surface area contributed by atoms with Crippen molar-refractivity contribution in [1.29, 1.82) is 0 Å². The summed E-state index contributed by atoms with van der Waals surface area (Å²) in [6.45, 7) is 8.17. The number of carbonyl (C=O) groups excluding carboxylic acids is 2. The summed E-state index contributed by atoms with van der Waals surface area (Å²) < 4.78 is 5.39. The Labute approximate surface area is 164 Å². The number of imide groups is 1. The molecular weight excluding hydrogens is 360 g/mol. The maximum atomic E-state index is 11.9. The summed E-state index contributed by atoms with van der Waals surface area (Å²) in [4.78, 5) is 32.0. The van der Waals surface area contributed by atoms with Gasteiger partial charge in [0.25, 0.3) is 0 Å². The Morgan fingerprint density at radius 3 is 2.46 bits per heavy atom. The molecule has 0 atom stereocenters. The smallest absolute Gasteiger partial charge is 0.321 e. The molecule has 1 aliphatic heterocycles. The van der Waals surface area contributed by atoms with Gasteiger partial charge in [-0.2, -0.15) is 4.98 Å². The Hall–Kier alpha value is -2.78. The molecule has 1 saturated heterocycles. The quantitative estimate of drug-likeness (QED) is 0.763. The van der Waals surface area contributed by atoms with Crippen LogP contribution in [-0.4, -0.2) is 71.1 Å². The van der Waals surface area contributed by atoms with Gasteiger partial charge in [0.05, 0.1) is 13.1 Å². The normalized spacial score (nSPS) is 15.4. The lowest BCUT2D eigenvalue weighted by molar-refractivity contribution is -0.121. The highest BCUT2D eigenvalue weighted by atomic mass is 16.5. The molecule has 1 aromatic heterocycles. The Morgan fingerprint density at radius 2 is 1.79 bits per heavy atom. The molecule has 9 heteroatoms. The molecule has 3 amide bonds. The topological polar surface area (TPSA) is 104 Å². The summed E-state index contributed by atoms with van der Waals surface area (Å²) in [5.41, 5.74) is 2.12. The Morgan fingerprint density at radius 1 is 1.11 bits per heavy atom. The fourth-order valence-corrected chi connectivity index (χ4v) is 3.01. The van der Waals surface area contributed by atoms with Gasteiger partial charge < -0.3 is 9.84 Å². The van der Waals surface area contributed by atoms with Gasteiger partial charge in [-0.3, -0.25) is 19.9 Å². The molecule has 0 bridgehead atoms. The second kappa shape index (κ2) is 9.43. The van der Waals surface area contributed by atoms with Gasteiger partial charge >= 0.3 is 6.03 Å². The largest absolute Gasteiger partial charge is 0.338 e. The lowest BCUT2D eigenvalue weighted by atomic mass is 10.1. The van der Waals surface area contributed by atoms with Crippen LogP contribution in [0.1, 0.15) is 18.4 Å². The maximum Gasteiger partial charge on any atom is 0.321 e. The summed E-state index contributed by atoms with van der Waals surface area (Å²) in [6.07, 6.45) is 0. The van der Waals surface area contributed by atoms with E-state index >= 15 is 0 Å². The number of benzene rings is 1. The second-order valence-electron chi connectivity index (χ2n) is 6.84. The minimum absolute atomic E-state index is 0.211. The first-order valence-electron chi connectivity index (χ1n) is 9.45. The molecule has 2 N–H and O–H groups in total. The molecule has 2 aromatic rings. The van der Waals surface area contributed by atoms with E-state index in [1.807, 2.05) is 36.1 Å². The predicted molar refractivity (Wildman–Crippen MR) is 103 cm³/mol. The molecular formula is C19H26N6O3. The molecule has 3 rings (SSSR count). The lowest BCUT2D eigenvalue weighted by Gasteiger charge is -2.33. The van der Waals surface area contributed by atoms with Crippen molar-refractivity contribution < 1.29 is 14.1 Å². The molecule has 28 heavy (non-hydrogen) atoms. The number of urea groups is 1. The van der Waals surface area contributed by atoms with Gasteiger partial charge in [-0.05, 0) is 13.8 Å². The van der Waals surface area contributed by atoms with Gasteiger partial charge in [-0.15, -0.1) is 0 Å². The van der Waals surface area contributed by atoms with Crippen molar-refractivity contribution in [3.8, 4) is 11.4 Å². The van der Waals surface area contributed by atoms with Crippen LogP contribution in [0.3, 0.4) is 0 Å². The number of hydrogen-bond donors (Lipinski definition) is 2. The maximum absolute atomic E-state index is 11.9. The van der Waals surface area contributed by atoms with Crippen molar-refractivity contribution in [2.24, 2.45) is 0 Å². The number of aryl methyl sites for hydroxylation is 1. The number of nitrogens with one attached hydrogen (secondary N) is 2. The minimum atomic E-state index is -0.452. The third kappa shape index (κ3) is 5.61. The Kier molecular flexibility index (Phi) is 6.72. The summed E-state index contributed by atoms with van der Waals surface area (Å²) >= 11 is 0. The van der Waals surface area contributed by atoms with E-state index in [0.717, 1.165) is 31.7 Å². The predicted octanol–water partition coefficient (Wildman–Crippen LogP) is 1.01. The van der Waals surface area contributed by atoms with Gasteiger partial charge in [0.2, 0.25) is 17.6 Å². The molecule has 1 fully saturated rings. The molecule has 0 unspecified atom stereocenters. The number of aromatic nitrogens is 2. The highest BCUT2D eigenvalue weighted by molar-refractivity contribution is 5.95. The van der Waals surface area contributed by atoms with Crippen LogP contribution in [0.5, 0.6) is 0 Å². The van der Waals surface area contributed by atoms with Crippen LogP contribution >= 0.6 is 0 Å². The van der Waals surface area contributed by atoms with Gasteiger partial charge in [0.1, 0.15) is 0 Å². The van der Waals surface area contributed by atoms with Crippen molar-refractivity contribution in [3.63, 3.8) is 0 Å². The number of piperazine rings is 1. The SMILES string of the molecule is CCNC(=O)NC(=O)CN1CCN(Cc2nc(-c3ccc(C)cc3)no2)CC1. The molecule has 0 saturated carbocycles. The van der Waals surface area contributed by atoms with E-state index in [4.69, 9.17) is 4.52 Å². The van der Waals surface area contributed by atoms with Crippen LogP contribution in [0.4, 0.5) is 4.79 Å². The molecule has 0 aliphatic carbocycles. The van der Waals surface area contributed by atoms with Gasteiger partial charge in [-0.1, -0.05) is 35.0 Å². The Bertz CT molecular complexity index is 796. The van der Waals surface area contributed by atoms with Crippen LogP contribution in [-0.2, 0) is 11.3 Å². The monoisotopic (exact) mass is 386 g/mol. The van der Waals surface area contributed by atoms with E-state index in [0.29, 0.717) is 24.8 Å². The number of amides is 3. The first kappa shape index (κ1) is 20.0. The fourth-order valence-electron chi connectivity index (χ4n) is 3.01. The first-order chi connectivity index (χ1) is 13.5. The first-order valence-corrected chi connectivity index (χ1v) is 9.45. The third-order valence-corrected chi connectivity index (χ3v) is 4.56. The van der Waals surface area contributed by atoms with Crippen LogP contribution in [0.15, 0.2) is 28.8 Å². The van der Waals surface area contributed by atoms with Crippen LogP contribution in [0, 0.1) is 6.92 Å². The molecule has 9 nitrogen and oxygen atoms in total. The van der Waals surface area contributed by atoms with Crippen LogP contribution in [0.25, 0.3) is 11.4 Å². The summed E-state index contributed by atoms with van der Waals surface area (Å²) in [5, 5.41) is 8.93. The van der Waals surface area contributed by atoms with Crippen molar-refractivity contribution in [1.82, 2.24) is 30.6 Å². The van der Waals surface area contributed by atoms with E-state index in [2.05, 4.69) is 25.7 Å². The summed E-state index contributed by atoms with van der Waals surface area (Å²) in [6, 6.07) is 7.55. The highest BCUT2D eigenvalue weighted by Gasteiger charge is 2.21. The van der Waals surface area contributed by atoms with E-state index < -0.39 is 6.03 Å². The van der Waals surface area contributed by atoms with Gasteiger partial charge in [-0.25, -0.2) is 4.79 Å². The van der Waals surface area contributed by atoms with E-state index in [1.165, 1.54) is 5.56 Å². The van der Waals surface area contributed by atoms with Crippen LogP contribution in [0.2, 0.25) is 0 Å². The van der Waals surface area contributed by atoms with Crippen molar-refractivity contribution >= 4 is 11.9 Å². The highest BCUT2D eigenvalue weighted by Crippen LogP contribution is 2.17. The van der Waals surface area contributed by atoms with Crippen molar-refractivity contribution in [2.45, 2.75) is 20.4 Å². The molecule has 0 radical (unpaired) electrons. The number of carbonyl (C=O) groups is 2. The van der Waals surface area contributed by atoms with Crippen molar-refractivity contribution in [3.05, 3.63) is 35.7 Å². The molecule has 2 heterocycles.